The fourth-order valence-electron chi connectivity index (χ4n) is 1.99. The molecule has 2 rings (SSSR count). The molecule has 2 heterocycles. The second-order valence-corrected chi connectivity index (χ2v) is 4.26. The minimum Gasteiger partial charge on any atom is -0.477 e. The van der Waals surface area contributed by atoms with Gasteiger partial charge in [0.15, 0.2) is 0 Å². The van der Waals surface area contributed by atoms with Crippen LogP contribution in [0.5, 0.6) is 0 Å². The Bertz CT molecular complexity index is 562. The molecule has 1 aromatic heterocycles. The Labute approximate surface area is 108 Å². The lowest BCUT2D eigenvalue weighted by molar-refractivity contribution is -0.121. The summed E-state index contributed by atoms with van der Waals surface area (Å²) in [5.41, 5.74) is -1.25. The van der Waals surface area contributed by atoms with Crippen LogP contribution in [0, 0.1) is 0 Å². The Hall–Kier alpha value is -2.22. The van der Waals surface area contributed by atoms with Crippen LogP contribution in [0.15, 0.2) is 17.1 Å². The van der Waals surface area contributed by atoms with E-state index in [1.165, 1.54) is 13.2 Å². The summed E-state index contributed by atoms with van der Waals surface area (Å²) in [6.07, 6.45) is 2.76. The van der Waals surface area contributed by atoms with Crippen LogP contribution in [0.25, 0.3) is 0 Å². The summed E-state index contributed by atoms with van der Waals surface area (Å²) >= 11 is 0. The molecule has 1 fully saturated rings. The zero-order valence-electron chi connectivity index (χ0n) is 10.4. The van der Waals surface area contributed by atoms with Crippen LogP contribution in [0.4, 0.5) is 0 Å². The van der Waals surface area contributed by atoms with E-state index in [0.29, 0.717) is 6.42 Å². The lowest BCUT2D eigenvalue weighted by Gasteiger charge is -2.21. The lowest BCUT2D eigenvalue weighted by atomic mass is 10.2. The lowest BCUT2D eigenvalue weighted by Crippen LogP contribution is -2.52. The smallest absolute Gasteiger partial charge is 0.341 e. The van der Waals surface area contributed by atoms with E-state index in [2.05, 4.69) is 10.4 Å². The maximum absolute atomic E-state index is 12.1. The highest BCUT2D eigenvalue weighted by atomic mass is 16.4. The topological polar surface area (TPSA) is 105 Å². The first-order valence-electron chi connectivity index (χ1n) is 5.85. The van der Waals surface area contributed by atoms with Crippen molar-refractivity contribution < 1.29 is 14.7 Å². The molecule has 0 saturated carbocycles. The van der Waals surface area contributed by atoms with Crippen molar-refractivity contribution in [2.75, 3.05) is 18.6 Å². The van der Waals surface area contributed by atoms with Gasteiger partial charge >= 0.3 is 11.5 Å². The van der Waals surface area contributed by atoms with Gasteiger partial charge in [-0.1, -0.05) is 0 Å². The molecule has 8 heteroatoms. The van der Waals surface area contributed by atoms with Crippen LogP contribution in [-0.2, 0) is 4.79 Å². The molecule has 0 spiro atoms. The third-order valence-electron chi connectivity index (χ3n) is 3.02. The molecule has 0 aromatic carbocycles. The number of carboxylic acids is 1. The van der Waals surface area contributed by atoms with Gasteiger partial charge in [0, 0.05) is 7.05 Å². The van der Waals surface area contributed by atoms with Gasteiger partial charge in [-0.3, -0.25) is 9.59 Å². The van der Waals surface area contributed by atoms with Gasteiger partial charge in [0.25, 0.3) is 5.91 Å². The molecule has 1 saturated heterocycles. The monoisotopic (exact) mass is 266 g/mol. The molecule has 102 valence electrons. The number of aromatic nitrogens is 2. The predicted octanol–water partition coefficient (Wildman–Crippen LogP) is -1.21. The Balaban J connectivity index is 2.31. The van der Waals surface area contributed by atoms with Crippen molar-refractivity contribution in [1.29, 1.82) is 0 Å². The van der Waals surface area contributed by atoms with Crippen molar-refractivity contribution in [2.45, 2.75) is 18.9 Å². The molecule has 0 aliphatic carbocycles. The van der Waals surface area contributed by atoms with Gasteiger partial charge in [-0.15, -0.1) is 4.79 Å². The average Bonchev–Trinajstić information content (AvgIpc) is 2.90. The van der Waals surface area contributed by atoms with Crippen LogP contribution in [0.1, 0.15) is 23.2 Å². The molecule has 1 aliphatic heterocycles. The highest BCUT2D eigenvalue weighted by Gasteiger charge is 2.27. The highest BCUT2D eigenvalue weighted by Crippen LogP contribution is 2.06. The fraction of sp³-hybridized carbons (Fsp3) is 0.455. The van der Waals surface area contributed by atoms with Crippen molar-refractivity contribution >= 4 is 11.9 Å². The number of nitrogens with one attached hydrogen (secondary N) is 1. The zero-order chi connectivity index (χ0) is 14.0. The van der Waals surface area contributed by atoms with Crippen molar-refractivity contribution in [3.8, 4) is 0 Å². The molecule has 1 amide bonds. The normalized spacial score (nSPS) is 18.3. The van der Waals surface area contributed by atoms with Crippen LogP contribution < -0.4 is 15.9 Å². The SMILES string of the molecule is CN(C(=O)[C@H]1CCCN1)n1nccc(C(=O)O)c1=O. The highest BCUT2D eigenvalue weighted by molar-refractivity contribution is 5.91. The molecule has 1 aliphatic rings. The number of likely N-dealkylation sites (N-methyl/N-ethyl adjacent to an activating group) is 1. The molecule has 2 N–H and O–H groups in total. The summed E-state index contributed by atoms with van der Waals surface area (Å²) in [6, 6.07) is 0.750. The molecule has 0 bridgehead atoms. The van der Waals surface area contributed by atoms with Crippen LogP contribution in [0.2, 0.25) is 0 Å². The van der Waals surface area contributed by atoms with Crippen molar-refractivity contribution in [2.24, 2.45) is 0 Å². The van der Waals surface area contributed by atoms with E-state index in [1.54, 1.807) is 0 Å². The van der Waals surface area contributed by atoms with E-state index in [4.69, 9.17) is 5.11 Å². The maximum atomic E-state index is 12.1. The Morgan fingerprint density at radius 1 is 1.58 bits per heavy atom. The Morgan fingerprint density at radius 3 is 2.89 bits per heavy atom. The standard InChI is InChI=1S/C11H14N4O4/c1-14(10(17)8-3-2-5-12-8)15-9(16)7(11(18)19)4-6-13-15/h4,6,8,12H,2-3,5H2,1H3,(H,18,19)/t8-/m1/s1. The van der Waals surface area contributed by atoms with E-state index in [9.17, 15) is 14.4 Å². The van der Waals surface area contributed by atoms with Gasteiger partial charge in [0.2, 0.25) is 0 Å². The number of rotatable bonds is 3. The summed E-state index contributed by atoms with van der Waals surface area (Å²) in [6.45, 7) is 0.752. The predicted molar refractivity (Wildman–Crippen MR) is 65.6 cm³/mol. The van der Waals surface area contributed by atoms with E-state index < -0.39 is 17.1 Å². The average molecular weight is 266 g/mol. The van der Waals surface area contributed by atoms with E-state index in [1.807, 2.05) is 0 Å². The Morgan fingerprint density at radius 2 is 2.32 bits per heavy atom. The molecule has 1 atom stereocenters. The fourth-order valence-corrected chi connectivity index (χ4v) is 1.99. The first-order chi connectivity index (χ1) is 9.02. The number of amides is 1. The maximum Gasteiger partial charge on any atom is 0.341 e. The number of hydrogen-bond donors (Lipinski definition) is 2. The summed E-state index contributed by atoms with van der Waals surface area (Å²) in [7, 11) is 1.39. The zero-order valence-corrected chi connectivity index (χ0v) is 10.4. The first kappa shape index (κ1) is 13.2. The number of hydrogen-bond acceptors (Lipinski definition) is 5. The van der Waals surface area contributed by atoms with E-state index >= 15 is 0 Å². The number of carbonyl (C=O) groups excluding carboxylic acids is 1. The molecule has 0 radical (unpaired) electrons. The van der Waals surface area contributed by atoms with Gasteiger partial charge in [0.1, 0.15) is 5.56 Å². The summed E-state index contributed by atoms with van der Waals surface area (Å²) < 4.78 is 0. The number of aromatic carboxylic acids is 1. The van der Waals surface area contributed by atoms with Crippen LogP contribution >= 0.6 is 0 Å². The number of nitrogens with zero attached hydrogens (tertiary/aromatic N) is 3. The van der Waals surface area contributed by atoms with Crippen molar-refractivity contribution in [1.82, 2.24) is 15.2 Å². The summed E-state index contributed by atoms with van der Waals surface area (Å²) in [5.74, 6) is -1.66. The molecule has 1 aromatic rings. The third-order valence-corrected chi connectivity index (χ3v) is 3.02. The molecule has 8 nitrogen and oxygen atoms in total. The largest absolute Gasteiger partial charge is 0.477 e. The van der Waals surface area contributed by atoms with Gasteiger partial charge in [0.05, 0.1) is 12.2 Å². The Kier molecular flexibility index (Phi) is 3.61. The van der Waals surface area contributed by atoms with Crippen LogP contribution in [-0.4, -0.2) is 46.5 Å². The van der Waals surface area contributed by atoms with Gasteiger partial charge < -0.3 is 10.4 Å². The van der Waals surface area contributed by atoms with E-state index in [-0.39, 0.29) is 11.9 Å². The van der Waals surface area contributed by atoms with Gasteiger partial charge in [-0.2, -0.15) is 5.10 Å². The summed E-state index contributed by atoms with van der Waals surface area (Å²) in [5, 5.41) is 16.6. The quantitative estimate of drug-likeness (QED) is 0.711. The molecular weight excluding hydrogens is 252 g/mol. The third kappa shape index (κ3) is 2.48. The van der Waals surface area contributed by atoms with E-state index in [0.717, 1.165) is 28.8 Å². The number of carbonyl (C=O) groups is 2. The molecule has 0 unspecified atom stereocenters. The van der Waals surface area contributed by atoms with Crippen molar-refractivity contribution in [3.05, 3.63) is 28.2 Å². The van der Waals surface area contributed by atoms with Crippen molar-refractivity contribution in [3.63, 3.8) is 0 Å². The number of carboxylic acid groups (broad SMARTS) is 1. The van der Waals surface area contributed by atoms with Crippen LogP contribution in [0.3, 0.4) is 0 Å². The second kappa shape index (κ2) is 5.19. The molecule has 19 heavy (non-hydrogen) atoms. The second-order valence-electron chi connectivity index (χ2n) is 4.26. The minimum absolute atomic E-state index is 0.311. The van der Waals surface area contributed by atoms with Gasteiger partial charge in [-0.05, 0) is 25.5 Å². The first-order valence-corrected chi connectivity index (χ1v) is 5.85. The minimum atomic E-state index is -1.35. The summed E-state index contributed by atoms with van der Waals surface area (Å²) in [4.78, 5) is 35.6. The molecular formula is C11H14N4O4. The van der Waals surface area contributed by atoms with Gasteiger partial charge in [-0.25, -0.2) is 9.80 Å².